The van der Waals surface area contributed by atoms with Crippen molar-refractivity contribution in [2.75, 3.05) is 37.5 Å². The number of hydrogen-bond acceptors (Lipinski definition) is 7. The molecule has 0 bridgehead atoms. The number of ether oxygens (including phenoxy) is 1. The molecule has 1 aromatic carbocycles. The topological polar surface area (TPSA) is 128 Å². The Kier molecular flexibility index (Phi) is 5.95. The first-order chi connectivity index (χ1) is 14.5. The number of imidazole rings is 1. The first-order valence-corrected chi connectivity index (χ1v) is 11.3. The number of rotatable bonds is 7. The molecule has 1 aliphatic rings. The molecular formula is C19H26N7O3S+. The number of H-pyrrole nitrogens is 1. The van der Waals surface area contributed by atoms with Gasteiger partial charge in [0.05, 0.1) is 30.4 Å². The van der Waals surface area contributed by atoms with E-state index >= 15 is 0 Å². The molecule has 2 atom stereocenters. The van der Waals surface area contributed by atoms with Gasteiger partial charge in [-0.05, 0) is 29.5 Å². The van der Waals surface area contributed by atoms with Gasteiger partial charge in [0.25, 0.3) is 0 Å². The maximum absolute atomic E-state index is 12.5. The smallest absolute Gasteiger partial charge is 0.323 e. The number of nitrogens with one attached hydrogen (secondary N) is 3. The molecule has 2 unspecified atom stereocenters. The van der Waals surface area contributed by atoms with Gasteiger partial charge in [-0.1, -0.05) is 0 Å². The third-order valence-corrected chi connectivity index (χ3v) is 6.78. The first-order valence-electron chi connectivity index (χ1n) is 9.79. The van der Waals surface area contributed by atoms with Crippen LogP contribution in [0.15, 0.2) is 35.7 Å². The van der Waals surface area contributed by atoms with Crippen LogP contribution in [0.3, 0.4) is 0 Å². The molecule has 3 aromatic rings. The van der Waals surface area contributed by atoms with Crippen molar-refractivity contribution in [1.29, 1.82) is 0 Å². The van der Waals surface area contributed by atoms with Crippen molar-refractivity contribution in [3.63, 3.8) is 0 Å². The first kappa shape index (κ1) is 20.7. The van der Waals surface area contributed by atoms with Crippen LogP contribution in [-0.2, 0) is 19.3 Å². The maximum atomic E-state index is 12.5. The van der Waals surface area contributed by atoms with E-state index in [9.17, 15) is 8.76 Å². The van der Waals surface area contributed by atoms with E-state index in [1.54, 1.807) is 25.6 Å². The van der Waals surface area contributed by atoms with E-state index in [4.69, 9.17) is 4.74 Å². The maximum Gasteiger partial charge on any atom is 0.323 e. The average molecular weight is 433 g/mol. The number of fused-ring (bicyclic) bond motifs is 1. The Hall–Kier alpha value is -2.60. The van der Waals surface area contributed by atoms with Crippen LogP contribution in [0.25, 0.3) is 11.2 Å². The number of benzene rings is 1. The quantitative estimate of drug-likeness (QED) is 0.419. The summed E-state index contributed by atoms with van der Waals surface area (Å²) in [7, 11) is -0.185. The van der Waals surface area contributed by atoms with Crippen molar-refractivity contribution in [1.82, 2.24) is 24.7 Å². The third-order valence-electron chi connectivity index (χ3n) is 5.34. The fraction of sp³-hybridized carbons (Fsp3) is 0.421. The molecule has 160 valence electrons. The molecule has 3 heterocycles. The van der Waals surface area contributed by atoms with Crippen LogP contribution in [-0.4, -0.2) is 57.8 Å². The summed E-state index contributed by atoms with van der Waals surface area (Å²) in [6.07, 6.45) is 6.25. The van der Waals surface area contributed by atoms with E-state index < -0.39 is 10.4 Å². The summed E-state index contributed by atoms with van der Waals surface area (Å²) in [4.78, 5) is 18.3. The Labute approximate surface area is 175 Å². The van der Waals surface area contributed by atoms with Crippen molar-refractivity contribution >= 4 is 38.8 Å². The lowest BCUT2D eigenvalue weighted by Crippen LogP contribution is -2.42. The molecule has 30 heavy (non-hydrogen) atoms. The Morgan fingerprint density at radius 2 is 2.20 bits per heavy atom. The second-order valence-corrected chi connectivity index (χ2v) is 9.09. The highest BCUT2D eigenvalue weighted by molar-refractivity contribution is 7.95. The standard InChI is InChI=1S/C19H25N7O3S/c1-20-30(27,28)14-6-7-16(26-8-4-3-5-13(26)10-29-2)15(9-14)25-19-17-18(22-11-21-17)23-12-24-19/h6-7,9,11-13H,3-5,8,10H2,1-2H3,(H3-,20,21,22,23,24,25,27,28)/p+1. The fourth-order valence-corrected chi connectivity index (χ4v) is 4.59. The summed E-state index contributed by atoms with van der Waals surface area (Å²) in [5, 5.41) is 3.33. The second kappa shape index (κ2) is 8.64. The zero-order valence-electron chi connectivity index (χ0n) is 17.0. The second-order valence-electron chi connectivity index (χ2n) is 7.16. The monoisotopic (exact) mass is 432 g/mol. The lowest BCUT2D eigenvalue weighted by molar-refractivity contribution is 0.166. The Bertz CT molecular complexity index is 1070. The van der Waals surface area contributed by atoms with Gasteiger partial charge < -0.3 is 19.9 Å². The summed E-state index contributed by atoms with van der Waals surface area (Å²) in [6.45, 7) is 1.50. The average Bonchev–Trinajstić information content (AvgIpc) is 3.24. The van der Waals surface area contributed by atoms with Crippen molar-refractivity contribution in [3.05, 3.63) is 30.9 Å². The molecule has 4 rings (SSSR count). The van der Waals surface area contributed by atoms with Crippen LogP contribution in [0.4, 0.5) is 17.2 Å². The Morgan fingerprint density at radius 1 is 1.33 bits per heavy atom. The van der Waals surface area contributed by atoms with E-state index in [0.29, 0.717) is 29.3 Å². The SMILES string of the molecule is CN[S+](=O)(O)c1ccc(N2CCCCC2COC)c(Nc2ncnc3nc[nH]c23)c1. The summed E-state index contributed by atoms with van der Waals surface area (Å²) >= 11 is 0. The zero-order chi connectivity index (χ0) is 21.1. The third kappa shape index (κ3) is 4.01. The summed E-state index contributed by atoms with van der Waals surface area (Å²) in [5.41, 5.74) is 2.82. The van der Waals surface area contributed by atoms with E-state index in [2.05, 4.69) is 34.9 Å². The van der Waals surface area contributed by atoms with Gasteiger partial charge >= 0.3 is 10.4 Å². The lowest BCUT2D eigenvalue weighted by atomic mass is 10.0. The molecule has 0 saturated carbocycles. The highest BCUT2D eigenvalue weighted by atomic mass is 32.3. The largest absolute Gasteiger partial charge is 0.383 e. The lowest BCUT2D eigenvalue weighted by Gasteiger charge is -2.38. The van der Waals surface area contributed by atoms with E-state index in [1.807, 2.05) is 6.07 Å². The zero-order valence-corrected chi connectivity index (χ0v) is 17.8. The normalized spacial score (nSPS) is 19.0. The number of aromatic amines is 1. The van der Waals surface area contributed by atoms with Crippen LogP contribution < -0.4 is 14.9 Å². The van der Waals surface area contributed by atoms with Crippen molar-refractivity contribution in [2.24, 2.45) is 0 Å². The van der Waals surface area contributed by atoms with Crippen molar-refractivity contribution in [2.45, 2.75) is 30.2 Å². The highest BCUT2D eigenvalue weighted by Gasteiger charge is 2.31. The van der Waals surface area contributed by atoms with E-state index in [-0.39, 0.29) is 10.9 Å². The van der Waals surface area contributed by atoms with Crippen molar-refractivity contribution < 1.29 is 13.5 Å². The van der Waals surface area contributed by atoms with Crippen LogP contribution in [0, 0.1) is 0 Å². The number of nitrogens with zero attached hydrogens (tertiary/aromatic N) is 4. The molecular weight excluding hydrogens is 406 g/mol. The number of methoxy groups -OCH3 is 1. The van der Waals surface area contributed by atoms with Gasteiger partial charge in [-0.25, -0.2) is 15.0 Å². The molecule has 2 aromatic heterocycles. The predicted molar refractivity (Wildman–Crippen MR) is 116 cm³/mol. The molecule has 4 N–H and O–H groups in total. The van der Waals surface area contributed by atoms with Gasteiger partial charge in [0.1, 0.15) is 11.8 Å². The summed E-state index contributed by atoms with van der Waals surface area (Å²) < 4.78 is 30.7. The van der Waals surface area contributed by atoms with Gasteiger partial charge in [0, 0.05) is 32.8 Å². The van der Waals surface area contributed by atoms with Gasteiger partial charge in [-0.2, -0.15) is 4.55 Å². The molecule has 0 amide bonds. The molecule has 1 saturated heterocycles. The van der Waals surface area contributed by atoms with Crippen LogP contribution >= 0.6 is 0 Å². The van der Waals surface area contributed by atoms with Crippen LogP contribution in [0.1, 0.15) is 19.3 Å². The van der Waals surface area contributed by atoms with Crippen molar-refractivity contribution in [3.8, 4) is 0 Å². The molecule has 10 nitrogen and oxygen atoms in total. The number of piperidine rings is 1. The van der Waals surface area contributed by atoms with Gasteiger partial charge in [-0.3, -0.25) is 0 Å². The summed E-state index contributed by atoms with van der Waals surface area (Å²) in [6, 6.07) is 5.49. The van der Waals surface area contributed by atoms with E-state index in [1.165, 1.54) is 13.4 Å². The Morgan fingerprint density at radius 3 is 3.00 bits per heavy atom. The fourth-order valence-electron chi connectivity index (χ4n) is 3.83. The minimum absolute atomic E-state index is 0.232. The molecule has 0 radical (unpaired) electrons. The van der Waals surface area contributed by atoms with Gasteiger partial charge in [0.2, 0.25) is 4.90 Å². The number of hydrogen-bond donors (Lipinski definition) is 4. The van der Waals surface area contributed by atoms with E-state index in [0.717, 1.165) is 31.5 Å². The molecule has 1 fully saturated rings. The molecule has 1 aliphatic heterocycles. The molecule has 11 heteroatoms. The van der Waals surface area contributed by atoms with Crippen LogP contribution in [0.5, 0.6) is 0 Å². The summed E-state index contributed by atoms with van der Waals surface area (Å²) in [5.74, 6) is 0.546. The minimum atomic E-state index is -3.35. The minimum Gasteiger partial charge on any atom is -0.383 e. The molecule has 0 spiro atoms. The Balaban J connectivity index is 1.79. The van der Waals surface area contributed by atoms with Gasteiger partial charge in [0.15, 0.2) is 11.5 Å². The van der Waals surface area contributed by atoms with Gasteiger partial charge in [-0.15, -0.1) is 4.72 Å². The predicted octanol–water partition coefficient (Wildman–Crippen LogP) is 2.57. The number of anilines is 3. The molecule has 0 aliphatic carbocycles. The van der Waals surface area contributed by atoms with Crippen LogP contribution in [0.2, 0.25) is 0 Å². The highest BCUT2D eigenvalue weighted by Crippen LogP contribution is 2.36. The number of aromatic nitrogens is 4.